The van der Waals surface area contributed by atoms with Gasteiger partial charge in [0.05, 0.1) is 13.1 Å². The molecule has 1 fully saturated rings. The number of carbonyl (C=O) groups is 1. The highest BCUT2D eigenvalue weighted by Gasteiger charge is 2.18. The average molecular weight is 313 g/mol. The number of piperazine rings is 1. The largest absolute Gasteiger partial charge is 0.344 e. The van der Waals surface area contributed by atoms with E-state index in [-0.39, 0.29) is 5.91 Å². The number of rotatable bonds is 6. The van der Waals surface area contributed by atoms with E-state index in [1.165, 1.54) is 11.1 Å². The third-order valence-electron chi connectivity index (χ3n) is 4.27. The standard InChI is InChI=1S/C19H27N3O/c1-4-9-20-19(23)15-22-12-10-21(11-13-22)14-17-5-7-18(8-6-17)16(2)3/h1,5-8,16H,9-15H2,2-3H3,(H,20,23). The molecule has 0 atom stereocenters. The second-order valence-electron chi connectivity index (χ2n) is 6.43. The lowest BCUT2D eigenvalue weighted by Gasteiger charge is -2.34. The summed E-state index contributed by atoms with van der Waals surface area (Å²) >= 11 is 0. The molecule has 1 heterocycles. The van der Waals surface area contributed by atoms with Crippen molar-refractivity contribution in [1.29, 1.82) is 0 Å². The number of carbonyl (C=O) groups excluding carboxylic acids is 1. The molecule has 4 nitrogen and oxygen atoms in total. The topological polar surface area (TPSA) is 35.6 Å². The fourth-order valence-electron chi connectivity index (χ4n) is 2.78. The Balaban J connectivity index is 1.74. The maximum Gasteiger partial charge on any atom is 0.234 e. The van der Waals surface area contributed by atoms with E-state index < -0.39 is 0 Å². The molecule has 0 aliphatic carbocycles. The molecule has 2 rings (SSSR count). The van der Waals surface area contributed by atoms with Gasteiger partial charge in [-0.15, -0.1) is 6.42 Å². The molecule has 0 spiro atoms. The lowest BCUT2D eigenvalue weighted by atomic mass is 10.0. The number of amides is 1. The zero-order chi connectivity index (χ0) is 16.7. The van der Waals surface area contributed by atoms with Gasteiger partial charge in [0.2, 0.25) is 5.91 Å². The molecule has 0 aromatic heterocycles. The Labute approximate surface area is 139 Å². The number of nitrogens with zero attached hydrogens (tertiary/aromatic N) is 2. The van der Waals surface area contributed by atoms with Gasteiger partial charge in [-0.05, 0) is 17.0 Å². The van der Waals surface area contributed by atoms with Crippen molar-refractivity contribution in [2.24, 2.45) is 0 Å². The van der Waals surface area contributed by atoms with Crippen LogP contribution in [0.2, 0.25) is 0 Å². The molecule has 1 aliphatic rings. The summed E-state index contributed by atoms with van der Waals surface area (Å²) in [6.07, 6.45) is 5.14. The van der Waals surface area contributed by atoms with E-state index in [0.29, 0.717) is 19.0 Å². The van der Waals surface area contributed by atoms with E-state index in [1.54, 1.807) is 0 Å². The Kier molecular flexibility index (Phi) is 6.64. The molecule has 1 aliphatic heterocycles. The lowest BCUT2D eigenvalue weighted by Crippen LogP contribution is -2.49. The first kappa shape index (κ1) is 17.5. The molecule has 1 aromatic rings. The number of benzene rings is 1. The molecule has 0 saturated carbocycles. The van der Waals surface area contributed by atoms with Gasteiger partial charge in [-0.25, -0.2) is 0 Å². The highest BCUT2D eigenvalue weighted by molar-refractivity contribution is 5.78. The SMILES string of the molecule is C#CCNC(=O)CN1CCN(Cc2ccc(C(C)C)cc2)CC1. The minimum absolute atomic E-state index is 0.0145. The normalized spacial score (nSPS) is 16.3. The van der Waals surface area contributed by atoms with Gasteiger partial charge in [0.1, 0.15) is 0 Å². The first-order valence-corrected chi connectivity index (χ1v) is 8.32. The second-order valence-corrected chi connectivity index (χ2v) is 6.43. The minimum atomic E-state index is 0.0145. The predicted molar refractivity (Wildman–Crippen MR) is 94.1 cm³/mol. The number of hydrogen-bond acceptors (Lipinski definition) is 3. The van der Waals surface area contributed by atoms with Crippen molar-refractivity contribution >= 4 is 5.91 Å². The Bertz CT molecular complexity index is 537. The highest BCUT2D eigenvalue weighted by atomic mass is 16.2. The molecule has 23 heavy (non-hydrogen) atoms. The lowest BCUT2D eigenvalue weighted by molar-refractivity contribution is -0.122. The summed E-state index contributed by atoms with van der Waals surface area (Å²) in [5.74, 6) is 3.01. The molecule has 1 aromatic carbocycles. The molecule has 4 heteroatoms. The van der Waals surface area contributed by atoms with Gasteiger partial charge in [0.25, 0.3) is 0 Å². The van der Waals surface area contributed by atoms with Crippen LogP contribution in [-0.2, 0) is 11.3 Å². The molecular weight excluding hydrogens is 286 g/mol. The summed E-state index contributed by atoms with van der Waals surface area (Å²) in [4.78, 5) is 16.3. The van der Waals surface area contributed by atoms with Crippen molar-refractivity contribution in [3.8, 4) is 12.3 Å². The molecule has 1 amide bonds. The van der Waals surface area contributed by atoms with Crippen LogP contribution >= 0.6 is 0 Å². The number of terminal acetylenes is 1. The van der Waals surface area contributed by atoms with Crippen molar-refractivity contribution < 1.29 is 4.79 Å². The predicted octanol–water partition coefficient (Wildman–Crippen LogP) is 1.68. The van der Waals surface area contributed by atoms with Gasteiger partial charge in [0, 0.05) is 32.7 Å². The van der Waals surface area contributed by atoms with Gasteiger partial charge in [-0.3, -0.25) is 14.6 Å². The molecule has 1 saturated heterocycles. The molecular formula is C19H27N3O. The summed E-state index contributed by atoms with van der Waals surface area (Å²) in [5.41, 5.74) is 2.74. The Morgan fingerprint density at radius 1 is 1.17 bits per heavy atom. The zero-order valence-electron chi connectivity index (χ0n) is 14.2. The van der Waals surface area contributed by atoms with Crippen LogP contribution in [0.5, 0.6) is 0 Å². The highest BCUT2D eigenvalue weighted by Crippen LogP contribution is 2.16. The van der Waals surface area contributed by atoms with E-state index in [4.69, 9.17) is 6.42 Å². The Morgan fingerprint density at radius 2 is 1.78 bits per heavy atom. The van der Waals surface area contributed by atoms with Crippen molar-refractivity contribution in [3.63, 3.8) is 0 Å². The van der Waals surface area contributed by atoms with Crippen LogP contribution in [0.15, 0.2) is 24.3 Å². The molecule has 1 N–H and O–H groups in total. The molecule has 0 unspecified atom stereocenters. The van der Waals surface area contributed by atoms with E-state index in [2.05, 4.69) is 59.1 Å². The summed E-state index contributed by atoms with van der Waals surface area (Å²) in [7, 11) is 0. The first-order valence-electron chi connectivity index (χ1n) is 8.32. The smallest absolute Gasteiger partial charge is 0.234 e. The van der Waals surface area contributed by atoms with Crippen LogP contribution in [0.25, 0.3) is 0 Å². The van der Waals surface area contributed by atoms with Crippen LogP contribution in [0.1, 0.15) is 30.9 Å². The Hall–Kier alpha value is -1.83. The van der Waals surface area contributed by atoms with Crippen molar-refractivity contribution in [2.75, 3.05) is 39.3 Å². The van der Waals surface area contributed by atoms with E-state index >= 15 is 0 Å². The van der Waals surface area contributed by atoms with Gasteiger partial charge in [-0.2, -0.15) is 0 Å². The van der Waals surface area contributed by atoms with E-state index in [1.807, 2.05) is 0 Å². The van der Waals surface area contributed by atoms with E-state index in [0.717, 1.165) is 32.7 Å². The summed E-state index contributed by atoms with van der Waals surface area (Å²) in [5, 5.41) is 2.71. The maximum atomic E-state index is 11.7. The zero-order valence-corrected chi connectivity index (χ0v) is 14.2. The minimum Gasteiger partial charge on any atom is -0.344 e. The van der Waals surface area contributed by atoms with E-state index in [9.17, 15) is 4.79 Å². The molecule has 0 bridgehead atoms. The van der Waals surface area contributed by atoms with Gasteiger partial charge < -0.3 is 5.32 Å². The van der Waals surface area contributed by atoms with Gasteiger partial charge >= 0.3 is 0 Å². The van der Waals surface area contributed by atoms with Crippen molar-refractivity contribution in [2.45, 2.75) is 26.3 Å². The third kappa shape index (κ3) is 5.70. The quantitative estimate of drug-likeness (QED) is 0.812. The third-order valence-corrected chi connectivity index (χ3v) is 4.27. The molecule has 124 valence electrons. The second kappa shape index (κ2) is 8.71. The fourth-order valence-corrected chi connectivity index (χ4v) is 2.78. The van der Waals surface area contributed by atoms with Crippen LogP contribution in [-0.4, -0.2) is 55.0 Å². The number of nitrogens with one attached hydrogen (secondary N) is 1. The fraction of sp³-hybridized carbons (Fsp3) is 0.526. The average Bonchev–Trinajstić information content (AvgIpc) is 2.55. The van der Waals surface area contributed by atoms with Crippen LogP contribution in [0, 0.1) is 12.3 Å². The van der Waals surface area contributed by atoms with Crippen LogP contribution < -0.4 is 5.32 Å². The van der Waals surface area contributed by atoms with Gasteiger partial charge in [0.15, 0.2) is 0 Å². The molecule has 0 radical (unpaired) electrons. The summed E-state index contributed by atoms with van der Waals surface area (Å²) in [6.45, 7) is 10.0. The summed E-state index contributed by atoms with van der Waals surface area (Å²) < 4.78 is 0. The Morgan fingerprint density at radius 3 is 2.35 bits per heavy atom. The number of hydrogen-bond donors (Lipinski definition) is 1. The van der Waals surface area contributed by atoms with Crippen molar-refractivity contribution in [1.82, 2.24) is 15.1 Å². The monoisotopic (exact) mass is 313 g/mol. The van der Waals surface area contributed by atoms with Crippen molar-refractivity contribution in [3.05, 3.63) is 35.4 Å². The maximum absolute atomic E-state index is 11.7. The van der Waals surface area contributed by atoms with Crippen LogP contribution in [0.4, 0.5) is 0 Å². The first-order chi connectivity index (χ1) is 11.1. The van der Waals surface area contributed by atoms with Gasteiger partial charge in [-0.1, -0.05) is 44.0 Å². The summed E-state index contributed by atoms with van der Waals surface area (Å²) in [6, 6.07) is 8.92. The van der Waals surface area contributed by atoms with Crippen LogP contribution in [0.3, 0.4) is 0 Å².